The Labute approximate surface area is 56.6 Å². The Bertz CT molecular complexity index is 44.5. The van der Waals surface area contributed by atoms with Crippen LogP contribution >= 0.6 is 11.6 Å². The lowest BCUT2D eigenvalue weighted by Gasteiger charge is -2.08. The SMILES string of the molecule is CC(Cl)C[CH]N(C)C. The van der Waals surface area contributed by atoms with E-state index in [0.717, 1.165) is 6.42 Å². The molecule has 49 valence electrons. The first kappa shape index (κ1) is 8.25. The molecule has 1 nitrogen and oxygen atoms in total. The summed E-state index contributed by atoms with van der Waals surface area (Å²) in [6, 6.07) is 0. The van der Waals surface area contributed by atoms with Crippen LogP contribution in [-0.2, 0) is 0 Å². The second kappa shape index (κ2) is 4.16. The van der Waals surface area contributed by atoms with Gasteiger partial charge in [-0.15, -0.1) is 11.6 Å². The molecule has 0 aromatic carbocycles. The van der Waals surface area contributed by atoms with Gasteiger partial charge in [0.25, 0.3) is 0 Å². The lowest BCUT2D eigenvalue weighted by Crippen LogP contribution is -2.09. The van der Waals surface area contributed by atoms with Gasteiger partial charge in [-0.3, -0.25) is 0 Å². The largest absolute Gasteiger partial charge is 0.305 e. The molecule has 8 heavy (non-hydrogen) atoms. The van der Waals surface area contributed by atoms with Crippen LogP contribution in [0.15, 0.2) is 0 Å². The zero-order valence-electron chi connectivity index (χ0n) is 5.69. The predicted octanol–water partition coefficient (Wildman–Crippen LogP) is 1.73. The molecule has 0 spiro atoms. The number of hydrogen-bond acceptors (Lipinski definition) is 1. The van der Waals surface area contributed by atoms with Gasteiger partial charge >= 0.3 is 0 Å². The smallest absolute Gasteiger partial charge is 0.0323 e. The quantitative estimate of drug-likeness (QED) is 0.532. The topological polar surface area (TPSA) is 3.24 Å². The van der Waals surface area contributed by atoms with E-state index in [0.29, 0.717) is 0 Å². The molecule has 0 fully saturated rings. The van der Waals surface area contributed by atoms with Crippen LogP contribution in [0.2, 0.25) is 0 Å². The van der Waals surface area contributed by atoms with Crippen LogP contribution < -0.4 is 0 Å². The molecule has 0 bridgehead atoms. The van der Waals surface area contributed by atoms with Crippen molar-refractivity contribution in [3.05, 3.63) is 6.54 Å². The Morgan fingerprint density at radius 3 is 2.25 bits per heavy atom. The average molecular weight is 135 g/mol. The van der Waals surface area contributed by atoms with Crippen LogP contribution in [-0.4, -0.2) is 24.4 Å². The molecular formula is C6H13ClN. The molecule has 2 heteroatoms. The summed E-state index contributed by atoms with van der Waals surface area (Å²) in [6.45, 7) is 4.05. The van der Waals surface area contributed by atoms with Gasteiger partial charge in [-0.25, -0.2) is 0 Å². The van der Waals surface area contributed by atoms with Crippen molar-refractivity contribution in [3.63, 3.8) is 0 Å². The zero-order valence-corrected chi connectivity index (χ0v) is 6.44. The molecule has 0 saturated heterocycles. The number of alkyl halides is 1. The summed E-state index contributed by atoms with van der Waals surface area (Å²) in [7, 11) is 4.00. The van der Waals surface area contributed by atoms with Crippen molar-refractivity contribution in [1.29, 1.82) is 0 Å². The molecule has 1 atom stereocenters. The van der Waals surface area contributed by atoms with Crippen LogP contribution in [0.5, 0.6) is 0 Å². The van der Waals surface area contributed by atoms with Crippen molar-refractivity contribution in [3.8, 4) is 0 Å². The lowest BCUT2D eigenvalue weighted by atomic mass is 10.3. The molecule has 0 amide bonds. The van der Waals surface area contributed by atoms with E-state index in [1.54, 1.807) is 0 Å². The molecule has 0 aliphatic heterocycles. The van der Waals surface area contributed by atoms with E-state index in [4.69, 9.17) is 11.6 Å². The molecule has 1 radical (unpaired) electrons. The summed E-state index contributed by atoms with van der Waals surface area (Å²) < 4.78 is 0. The van der Waals surface area contributed by atoms with Crippen molar-refractivity contribution < 1.29 is 0 Å². The summed E-state index contributed by atoms with van der Waals surface area (Å²) in [6.07, 6.45) is 0.953. The summed E-state index contributed by atoms with van der Waals surface area (Å²) in [5, 5.41) is 0.261. The van der Waals surface area contributed by atoms with Crippen molar-refractivity contribution >= 4 is 11.6 Å². The van der Waals surface area contributed by atoms with Gasteiger partial charge in [-0.05, 0) is 27.4 Å². The normalized spacial score (nSPS) is 14.6. The lowest BCUT2D eigenvalue weighted by molar-refractivity contribution is 0.475. The first-order valence-corrected chi connectivity index (χ1v) is 3.20. The maximum Gasteiger partial charge on any atom is 0.0323 e. The van der Waals surface area contributed by atoms with E-state index in [2.05, 4.69) is 6.54 Å². The Morgan fingerprint density at radius 1 is 1.62 bits per heavy atom. The van der Waals surface area contributed by atoms with Gasteiger partial charge in [0.2, 0.25) is 0 Å². The van der Waals surface area contributed by atoms with Crippen molar-refractivity contribution in [2.75, 3.05) is 14.1 Å². The fourth-order valence-corrected chi connectivity index (χ4v) is 0.436. The number of hydrogen-bond donors (Lipinski definition) is 0. The third kappa shape index (κ3) is 6.25. The molecule has 0 heterocycles. The number of nitrogens with zero attached hydrogens (tertiary/aromatic N) is 1. The van der Waals surface area contributed by atoms with Crippen LogP contribution in [0.4, 0.5) is 0 Å². The molecule has 0 rings (SSSR count). The second-order valence-electron chi connectivity index (χ2n) is 2.16. The molecule has 0 aromatic heterocycles. The summed E-state index contributed by atoms with van der Waals surface area (Å²) in [5.74, 6) is 0. The first-order valence-electron chi connectivity index (χ1n) is 2.76. The van der Waals surface area contributed by atoms with Crippen LogP contribution in [0.25, 0.3) is 0 Å². The third-order valence-electron chi connectivity index (χ3n) is 0.795. The van der Waals surface area contributed by atoms with Crippen molar-refractivity contribution in [1.82, 2.24) is 4.90 Å². The Morgan fingerprint density at radius 2 is 2.12 bits per heavy atom. The van der Waals surface area contributed by atoms with E-state index >= 15 is 0 Å². The molecule has 0 saturated carbocycles. The summed E-state index contributed by atoms with van der Waals surface area (Å²) in [5.41, 5.74) is 0. The van der Waals surface area contributed by atoms with Crippen molar-refractivity contribution in [2.24, 2.45) is 0 Å². The van der Waals surface area contributed by atoms with E-state index in [1.165, 1.54) is 0 Å². The third-order valence-corrected chi connectivity index (χ3v) is 0.974. The summed E-state index contributed by atoms with van der Waals surface area (Å²) >= 11 is 5.66. The highest BCUT2D eigenvalue weighted by atomic mass is 35.5. The van der Waals surface area contributed by atoms with E-state index < -0.39 is 0 Å². The van der Waals surface area contributed by atoms with Gasteiger partial charge in [0.05, 0.1) is 0 Å². The van der Waals surface area contributed by atoms with Crippen molar-refractivity contribution in [2.45, 2.75) is 18.7 Å². The van der Waals surface area contributed by atoms with E-state index in [9.17, 15) is 0 Å². The monoisotopic (exact) mass is 134 g/mol. The highest BCUT2D eigenvalue weighted by Crippen LogP contribution is 2.02. The molecular weight excluding hydrogens is 122 g/mol. The van der Waals surface area contributed by atoms with Gasteiger partial charge in [0.15, 0.2) is 0 Å². The maximum atomic E-state index is 5.66. The Hall–Kier alpha value is 0.250. The highest BCUT2D eigenvalue weighted by molar-refractivity contribution is 6.20. The zero-order chi connectivity index (χ0) is 6.57. The molecule has 0 N–H and O–H groups in total. The van der Waals surface area contributed by atoms with Crippen LogP contribution in [0, 0.1) is 6.54 Å². The highest BCUT2D eigenvalue weighted by Gasteiger charge is 1.95. The molecule has 1 unspecified atom stereocenters. The minimum Gasteiger partial charge on any atom is -0.305 e. The van der Waals surface area contributed by atoms with Crippen LogP contribution in [0.3, 0.4) is 0 Å². The standard InChI is InChI=1S/C6H13ClN/c1-6(7)4-5-8(2)3/h5-6H,4H2,1-3H3. The number of rotatable bonds is 3. The summed E-state index contributed by atoms with van der Waals surface area (Å²) in [4.78, 5) is 2.01. The minimum absolute atomic E-state index is 0.261. The average Bonchev–Trinajstić information content (AvgIpc) is 1.61. The molecule has 0 aliphatic rings. The maximum absolute atomic E-state index is 5.66. The Balaban J connectivity index is 2.93. The predicted molar refractivity (Wildman–Crippen MR) is 37.9 cm³/mol. The van der Waals surface area contributed by atoms with Gasteiger partial charge in [-0.1, -0.05) is 0 Å². The van der Waals surface area contributed by atoms with Crippen LogP contribution in [0.1, 0.15) is 13.3 Å². The fraction of sp³-hybridized carbons (Fsp3) is 0.833. The second-order valence-corrected chi connectivity index (χ2v) is 2.91. The van der Waals surface area contributed by atoms with Gasteiger partial charge in [-0.2, -0.15) is 0 Å². The Kier molecular flexibility index (Phi) is 4.29. The van der Waals surface area contributed by atoms with Gasteiger partial charge in [0.1, 0.15) is 0 Å². The fourth-order valence-electron chi connectivity index (χ4n) is 0.356. The minimum atomic E-state index is 0.261. The molecule has 0 aromatic rings. The van der Waals surface area contributed by atoms with Gasteiger partial charge in [0, 0.05) is 11.9 Å². The van der Waals surface area contributed by atoms with E-state index in [1.807, 2.05) is 25.9 Å². The number of halogens is 1. The van der Waals surface area contributed by atoms with E-state index in [-0.39, 0.29) is 5.38 Å². The van der Waals surface area contributed by atoms with Gasteiger partial charge < -0.3 is 4.90 Å². The molecule has 0 aliphatic carbocycles. The first-order chi connectivity index (χ1) is 3.63.